The van der Waals surface area contributed by atoms with Crippen molar-refractivity contribution in [2.24, 2.45) is 0 Å². The number of nitrogens with zero attached hydrogens (tertiary/aromatic N) is 2. The van der Waals surface area contributed by atoms with Gasteiger partial charge in [-0.1, -0.05) is 29.3 Å². The number of halogens is 2. The zero-order valence-corrected chi connectivity index (χ0v) is 15.9. The van der Waals surface area contributed by atoms with Crippen molar-refractivity contribution >= 4 is 51.8 Å². The van der Waals surface area contributed by atoms with Gasteiger partial charge in [-0.25, -0.2) is 4.79 Å². The van der Waals surface area contributed by atoms with E-state index in [2.05, 4.69) is 15.6 Å². The molecule has 142 valence electrons. The summed E-state index contributed by atoms with van der Waals surface area (Å²) in [7, 11) is 0. The second-order valence-electron chi connectivity index (χ2n) is 6.48. The molecule has 0 saturated carbocycles. The van der Waals surface area contributed by atoms with Crippen LogP contribution in [0.5, 0.6) is 0 Å². The van der Waals surface area contributed by atoms with E-state index < -0.39 is 17.5 Å². The van der Waals surface area contributed by atoms with Gasteiger partial charge in [0.15, 0.2) is 5.54 Å². The van der Waals surface area contributed by atoms with Crippen LogP contribution in [0.3, 0.4) is 0 Å². The average molecular weight is 417 g/mol. The van der Waals surface area contributed by atoms with Crippen LogP contribution in [0.25, 0.3) is 10.8 Å². The first-order chi connectivity index (χ1) is 13.4. The quantitative estimate of drug-likeness (QED) is 0.636. The fourth-order valence-electron chi connectivity index (χ4n) is 3.30. The molecule has 1 unspecified atom stereocenters. The summed E-state index contributed by atoms with van der Waals surface area (Å²) in [6.45, 7) is 0. The lowest BCUT2D eigenvalue weighted by Crippen LogP contribution is -2.45. The Kier molecular flexibility index (Phi) is 4.56. The maximum Gasteiger partial charge on any atom is 0.322 e. The van der Waals surface area contributed by atoms with Gasteiger partial charge in [-0.15, -0.1) is 0 Å². The van der Waals surface area contributed by atoms with Gasteiger partial charge >= 0.3 is 6.03 Å². The molecule has 3 heterocycles. The standard InChI is InChI=1S/C19H14Cl2N4O3/c20-13-7-11-9-25(10-12(11)8-14(13)21)16(26)4-5-19(15-3-1-2-6-22-15)17(27)23-18(28)24-19/h1-3,6-10H,4-5H2,(H2,23,24,27,28). The summed E-state index contributed by atoms with van der Waals surface area (Å²) < 4.78 is 1.43. The molecule has 3 aromatic rings. The van der Waals surface area contributed by atoms with E-state index in [4.69, 9.17) is 23.2 Å². The number of carbonyl (C=O) groups excluding carboxylic acids is 3. The third kappa shape index (κ3) is 3.12. The largest absolute Gasteiger partial charge is 0.322 e. The molecule has 2 aromatic heterocycles. The molecular weight excluding hydrogens is 403 g/mol. The van der Waals surface area contributed by atoms with Crippen LogP contribution in [-0.4, -0.2) is 27.4 Å². The molecule has 1 fully saturated rings. The minimum absolute atomic E-state index is 0.00667. The number of aromatic nitrogens is 2. The van der Waals surface area contributed by atoms with E-state index in [1.165, 1.54) is 10.8 Å². The number of carbonyl (C=O) groups is 3. The smallest absolute Gasteiger partial charge is 0.318 e. The molecule has 0 aliphatic carbocycles. The molecule has 0 bridgehead atoms. The van der Waals surface area contributed by atoms with Crippen molar-refractivity contribution in [2.45, 2.75) is 18.4 Å². The number of imide groups is 1. The van der Waals surface area contributed by atoms with Crippen LogP contribution in [0.4, 0.5) is 4.79 Å². The topological polar surface area (TPSA) is 93.1 Å². The number of amides is 3. The molecule has 0 spiro atoms. The molecule has 0 radical (unpaired) electrons. The average Bonchev–Trinajstić information content (AvgIpc) is 3.21. The SMILES string of the molecule is O=C1NC(=O)C(CCC(=O)n2cc3cc(Cl)c(Cl)cc3c2)(c2ccccn2)N1. The van der Waals surface area contributed by atoms with E-state index in [9.17, 15) is 14.4 Å². The summed E-state index contributed by atoms with van der Waals surface area (Å²) in [5.74, 6) is -0.770. The highest BCUT2D eigenvalue weighted by Gasteiger charge is 2.48. The highest BCUT2D eigenvalue weighted by molar-refractivity contribution is 6.42. The van der Waals surface area contributed by atoms with E-state index >= 15 is 0 Å². The van der Waals surface area contributed by atoms with Crippen molar-refractivity contribution < 1.29 is 14.4 Å². The van der Waals surface area contributed by atoms with Gasteiger partial charge in [0.25, 0.3) is 5.91 Å². The first-order valence-electron chi connectivity index (χ1n) is 8.44. The predicted molar refractivity (Wildman–Crippen MR) is 104 cm³/mol. The van der Waals surface area contributed by atoms with Crippen LogP contribution in [-0.2, 0) is 10.3 Å². The number of pyridine rings is 1. The second-order valence-corrected chi connectivity index (χ2v) is 7.30. The fourth-order valence-corrected chi connectivity index (χ4v) is 3.64. The Hall–Kier alpha value is -2.90. The van der Waals surface area contributed by atoms with Gasteiger partial charge in [-0.2, -0.15) is 0 Å². The third-order valence-corrected chi connectivity index (χ3v) is 5.45. The molecular formula is C19H14Cl2N4O3. The zero-order chi connectivity index (χ0) is 19.9. The molecule has 1 saturated heterocycles. The summed E-state index contributed by atoms with van der Waals surface area (Å²) in [4.78, 5) is 41.2. The zero-order valence-electron chi connectivity index (χ0n) is 14.4. The van der Waals surface area contributed by atoms with Crippen LogP contribution in [0.2, 0.25) is 10.0 Å². The molecule has 3 amide bonds. The Labute approximate surface area is 169 Å². The molecule has 9 heteroatoms. The van der Waals surface area contributed by atoms with Crippen LogP contribution >= 0.6 is 23.2 Å². The van der Waals surface area contributed by atoms with Crippen molar-refractivity contribution in [1.82, 2.24) is 20.2 Å². The molecule has 28 heavy (non-hydrogen) atoms. The van der Waals surface area contributed by atoms with E-state index in [0.29, 0.717) is 15.7 Å². The Bertz CT molecular complexity index is 1070. The summed E-state index contributed by atoms with van der Waals surface area (Å²) in [5, 5.41) is 7.20. The molecule has 1 aliphatic rings. The van der Waals surface area contributed by atoms with Crippen LogP contribution in [0, 0.1) is 0 Å². The number of nitrogens with one attached hydrogen (secondary N) is 2. The third-order valence-electron chi connectivity index (χ3n) is 4.73. The lowest BCUT2D eigenvalue weighted by molar-refractivity contribution is -0.124. The van der Waals surface area contributed by atoms with Crippen molar-refractivity contribution in [3.05, 3.63) is 64.7 Å². The fraction of sp³-hybridized carbons (Fsp3) is 0.158. The normalized spacial score (nSPS) is 18.9. The second kappa shape index (κ2) is 6.92. The molecule has 1 atom stereocenters. The van der Waals surface area contributed by atoms with E-state index in [-0.39, 0.29) is 18.7 Å². The number of rotatable bonds is 4. The van der Waals surface area contributed by atoms with Gasteiger partial charge in [0.1, 0.15) is 0 Å². The summed E-state index contributed by atoms with van der Waals surface area (Å²) in [6, 6.07) is 7.82. The molecule has 2 N–H and O–H groups in total. The number of fused-ring (bicyclic) bond motifs is 1. The predicted octanol–water partition coefficient (Wildman–Crippen LogP) is 3.50. The van der Waals surface area contributed by atoms with Gasteiger partial charge < -0.3 is 5.32 Å². The van der Waals surface area contributed by atoms with Crippen molar-refractivity contribution in [1.29, 1.82) is 0 Å². The van der Waals surface area contributed by atoms with Crippen molar-refractivity contribution in [3.8, 4) is 0 Å². The Morgan fingerprint density at radius 2 is 1.79 bits per heavy atom. The van der Waals surface area contributed by atoms with E-state index in [1.54, 1.807) is 42.7 Å². The minimum Gasteiger partial charge on any atom is -0.318 e. The lowest BCUT2D eigenvalue weighted by atomic mass is 9.89. The van der Waals surface area contributed by atoms with Gasteiger partial charge in [0, 0.05) is 35.8 Å². The molecule has 1 aliphatic heterocycles. The van der Waals surface area contributed by atoms with Gasteiger partial charge in [0.05, 0.1) is 15.7 Å². The number of hydrogen-bond acceptors (Lipinski definition) is 4. The Morgan fingerprint density at radius 1 is 1.11 bits per heavy atom. The molecule has 1 aromatic carbocycles. The Balaban J connectivity index is 1.60. The maximum absolute atomic E-state index is 12.7. The number of benzene rings is 1. The van der Waals surface area contributed by atoms with Crippen LogP contribution < -0.4 is 10.6 Å². The van der Waals surface area contributed by atoms with Gasteiger partial charge in [-0.3, -0.25) is 24.5 Å². The number of hydrogen-bond donors (Lipinski definition) is 2. The van der Waals surface area contributed by atoms with Crippen LogP contribution in [0.1, 0.15) is 23.3 Å². The molecule has 4 rings (SSSR count). The first-order valence-corrected chi connectivity index (χ1v) is 9.20. The minimum atomic E-state index is -1.38. The maximum atomic E-state index is 12.7. The summed E-state index contributed by atoms with van der Waals surface area (Å²) in [5.41, 5.74) is -1.00. The lowest BCUT2D eigenvalue weighted by Gasteiger charge is -2.25. The van der Waals surface area contributed by atoms with E-state index in [1.807, 2.05) is 0 Å². The van der Waals surface area contributed by atoms with Crippen LogP contribution in [0.15, 0.2) is 48.9 Å². The van der Waals surface area contributed by atoms with E-state index in [0.717, 1.165) is 10.8 Å². The monoisotopic (exact) mass is 416 g/mol. The summed E-state index contributed by atoms with van der Waals surface area (Å²) in [6.07, 6.45) is 4.91. The highest BCUT2D eigenvalue weighted by atomic mass is 35.5. The highest BCUT2D eigenvalue weighted by Crippen LogP contribution is 2.30. The summed E-state index contributed by atoms with van der Waals surface area (Å²) >= 11 is 12.0. The Morgan fingerprint density at radius 3 is 2.32 bits per heavy atom. The van der Waals surface area contributed by atoms with Crippen molar-refractivity contribution in [2.75, 3.05) is 0 Å². The first kappa shape index (κ1) is 18.5. The number of urea groups is 1. The molecule has 7 nitrogen and oxygen atoms in total. The van der Waals surface area contributed by atoms with Gasteiger partial charge in [-0.05, 0) is 30.7 Å². The van der Waals surface area contributed by atoms with Gasteiger partial charge in [0.2, 0.25) is 5.91 Å². The van der Waals surface area contributed by atoms with Crippen molar-refractivity contribution in [3.63, 3.8) is 0 Å².